The van der Waals surface area contributed by atoms with Gasteiger partial charge in [0.05, 0.1) is 17.1 Å². The molecule has 1 heterocycles. The fourth-order valence-electron chi connectivity index (χ4n) is 3.33. The zero-order valence-electron chi connectivity index (χ0n) is 16.1. The number of carbonyl (C=O) groups excluding carboxylic acids is 1. The molecule has 1 aromatic heterocycles. The first-order chi connectivity index (χ1) is 13.4. The lowest BCUT2D eigenvalue weighted by molar-refractivity contribution is -0.122. The van der Waals surface area contributed by atoms with Crippen LogP contribution in [0.3, 0.4) is 0 Å². The quantitative estimate of drug-likeness (QED) is 0.630. The lowest BCUT2D eigenvalue weighted by Gasteiger charge is -2.19. The number of benzene rings is 2. The second kappa shape index (κ2) is 8.56. The highest BCUT2D eigenvalue weighted by Crippen LogP contribution is 2.20. The average molecular weight is 400 g/mol. The van der Waals surface area contributed by atoms with Crippen molar-refractivity contribution in [2.75, 3.05) is 6.26 Å². The second-order valence-electron chi connectivity index (χ2n) is 6.99. The zero-order valence-corrected chi connectivity index (χ0v) is 16.9. The first-order valence-corrected chi connectivity index (χ1v) is 11.4. The van der Waals surface area contributed by atoms with Crippen molar-refractivity contribution in [3.8, 4) is 0 Å². The fourth-order valence-corrected chi connectivity index (χ4v) is 4.02. The van der Waals surface area contributed by atoms with Crippen LogP contribution in [0.2, 0.25) is 0 Å². The van der Waals surface area contributed by atoms with Crippen LogP contribution in [0.4, 0.5) is 0 Å². The van der Waals surface area contributed by atoms with Crippen molar-refractivity contribution in [1.29, 1.82) is 0 Å². The number of imidazole rings is 1. The molecule has 0 aliphatic heterocycles. The summed E-state index contributed by atoms with van der Waals surface area (Å²) in [5, 5.41) is 3.09. The summed E-state index contributed by atoms with van der Waals surface area (Å²) in [5.41, 5.74) is 2.50. The number of hydrogen-bond acceptors (Lipinski definition) is 4. The van der Waals surface area contributed by atoms with E-state index in [2.05, 4.69) is 17.2 Å². The number of rotatable bonds is 8. The minimum absolute atomic E-state index is 0.0262. The summed E-state index contributed by atoms with van der Waals surface area (Å²) in [4.78, 5) is 17.2. The van der Waals surface area contributed by atoms with E-state index in [1.807, 2.05) is 54.6 Å². The number of fused-ring (bicyclic) bond motifs is 1. The number of amides is 1. The van der Waals surface area contributed by atoms with Crippen LogP contribution >= 0.6 is 0 Å². The lowest BCUT2D eigenvalue weighted by Crippen LogP contribution is -2.32. The van der Waals surface area contributed by atoms with E-state index in [9.17, 15) is 13.2 Å². The van der Waals surface area contributed by atoms with Crippen LogP contribution in [-0.2, 0) is 26.9 Å². The van der Waals surface area contributed by atoms with Gasteiger partial charge in [0.1, 0.15) is 18.1 Å². The van der Waals surface area contributed by atoms with Gasteiger partial charge in [-0.2, -0.15) is 0 Å². The van der Waals surface area contributed by atoms with Gasteiger partial charge in [0.2, 0.25) is 5.91 Å². The molecule has 1 N–H and O–H groups in total. The first-order valence-electron chi connectivity index (χ1n) is 9.33. The second-order valence-corrected chi connectivity index (χ2v) is 9.13. The van der Waals surface area contributed by atoms with E-state index >= 15 is 0 Å². The number of carbonyl (C=O) groups is 1. The van der Waals surface area contributed by atoms with Gasteiger partial charge in [-0.1, -0.05) is 55.8 Å². The van der Waals surface area contributed by atoms with Gasteiger partial charge in [0, 0.05) is 6.26 Å². The lowest BCUT2D eigenvalue weighted by atomic mass is 10.0. The molecule has 0 saturated carbocycles. The maximum atomic E-state index is 12.8. The largest absolute Gasteiger partial charge is 0.348 e. The van der Waals surface area contributed by atoms with Crippen LogP contribution in [0.25, 0.3) is 11.0 Å². The molecule has 0 aliphatic rings. The van der Waals surface area contributed by atoms with Crippen molar-refractivity contribution in [3.63, 3.8) is 0 Å². The molecular formula is C21H25N3O3S. The van der Waals surface area contributed by atoms with Crippen LogP contribution in [0, 0.1) is 0 Å². The van der Waals surface area contributed by atoms with E-state index < -0.39 is 9.84 Å². The highest BCUT2D eigenvalue weighted by atomic mass is 32.2. The van der Waals surface area contributed by atoms with Gasteiger partial charge in [0.15, 0.2) is 9.84 Å². The molecule has 0 aliphatic carbocycles. The average Bonchev–Trinajstić information content (AvgIpc) is 2.97. The SMILES string of the molecule is CCCC(NC(=O)Cn1c(CS(C)(=O)=O)nc2ccccc21)c1ccccc1. The van der Waals surface area contributed by atoms with Gasteiger partial charge in [-0.3, -0.25) is 4.79 Å². The summed E-state index contributed by atoms with van der Waals surface area (Å²) in [7, 11) is -3.27. The number of nitrogens with one attached hydrogen (secondary N) is 1. The van der Waals surface area contributed by atoms with Crippen molar-refractivity contribution in [3.05, 3.63) is 66.0 Å². The third-order valence-corrected chi connectivity index (χ3v) is 5.32. The van der Waals surface area contributed by atoms with Crippen LogP contribution < -0.4 is 5.32 Å². The van der Waals surface area contributed by atoms with E-state index in [0.717, 1.165) is 23.9 Å². The molecule has 28 heavy (non-hydrogen) atoms. The Kier molecular flexibility index (Phi) is 6.14. The highest BCUT2D eigenvalue weighted by Gasteiger charge is 2.19. The molecule has 1 amide bonds. The molecule has 0 fully saturated rings. The van der Waals surface area contributed by atoms with E-state index in [1.54, 1.807) is 4.57 Å². The molecule has 6 nitrogen and oxygen atoms in total. The topological polar surface area (TPSA) is 81.1 Å². The number of para-hydroxylation sites is 2. The summed E-state index contributed by atoms with van der Waals surface area (Å²) in [6.07, 6.45) is 2.94. The third kappa shape index (κ3) is 4.98. The fraction of sp³-hybridized carbons (Fsp3) is 0.333. The van der Waals surface area contributed by atoms with Gasteiger partial charge in [-0.05, 0) is 24.1 Å². The summed E-state index contributed by atoms with van der Waals surface area (Å²) in [6.45, 7) is 2.11. The molecular weight excluding hydrogens is 374 g/mol. The Morgan fingerprint density at radius 3 is 2.46 bits per heavy atom. The predicted octanol–water partition coefficient (Wildman–Crippen LogP) is 3.24. The Balaban J connectivity index is 1.86. The van der Waals surface area contributed by atoms with Gasteiger partial charge < -0.3 is 9.88 Å². The van der Waals surface area contributed by atoms with E-state index in [0.29, 0.717) is 11.3 Å². The number of hydrogen-bond donors (Lipinski definition) is 1. The molecule has 148 valence electrons. The van der Waals surface area contributed by atoms with Crippen molar-refractivity contribution in [2.45, 2.75) is 38.1 Å². The highest BCUT2D eigenvalue weighted by molar-refractivity contribution is 7.89. The number of sulfone groups is 1. The molecule has 7 heteroatoms. The van der Waals surface area contributed by atoms with E-state index in [4.69, 9.17) is 0 Å². The van der Waals surface area contributed by atoms with Gasteiger partial charge >= 0.3 is 0 Å². The summed E-state index contributed by atoms with van der Waals surface area (Å²) >= 11 is 0. The minimum Gasteiger partial charge on any atom is -0.348 e. The third-order valence-electron chi connectivity index (χ3n) is 4.54. The Morgan fingerprint density at radius 2 is 1.79 bits per heavy atom. The predicted molar refractivity (Wildman–Crippen MR) is 111 cm³/mol. The van der Waals surface area contributed by atoms with Crippen LogP contribution in [0.5, 0.6) is 0 Å². The standard InChI is InChI=1S/C21H25N3O3S/c1-3-9-17(16-10-5-4-6-11-16)23-21(25)14-24-19-13-8-7-12-18(19)22-20(24)15-28(2,26)27/h4-8,10-13,17H,3,9,14-15H2,1-2H3,(H,23,25). The summed E-state index contributed by atoms with van der Waals surface area (Å²) < 4.78 is 25.3. The van der Waals surface area contributed by atoms with Crippen LogP contribution in [0.1, 0.15) is 37.2 Å². The number of nitrogens with zero attached hydrogens (tertiary/aromatic N) is 2. The Labute approximate surface area is 165 Å². The molecule has 3 rings (SSSR count). The van der Waals surface area contributed by atoms with E-state index in [1.165, 1.54) is 6.26 Å². The van der Waals surface area contributed by atoms with Crippen molar-refractivity contribution < 1.29 is 13.2 Å². The minimum atomic E-state index is -3.27. The summed E-state index contributed by atoms with van der Waals surface area (Å²) in [5.74, 6) is 0.0114. The molecule has 1 atom stereocenters. The maximum Gasteiger partial charge on any atom is 0.240 e. The Bertz CT molecular complexity index is 1060. The van der Waals surface area contributed by atoms with Gasteiger partial charge in [-0.15, -0.1) is 0 Å². The molecule has 0 saturated heterocycles. The normalized spacial score (nSPS) is 12.8. The number of aromatic nitrogens is 2. The van der Waals surface area contributed by atoms with E-state index in [-0.39, 0.29) is 24.2 Å². The monoisotopic (exact) mass is 399 g/mol. The molecule has 1 unspecified atom stereocenters. The molecule has 2 aromatic carbocycles. The molecule has 0 radical (unpaired) electrons. The molecule has 0 spiro atoms. The van der Waals surface area contributed by atoms with Crippen molar-refractivity contribution in [1.82, 2.24) is 14.9 Å². The smallest absolute Gasteiger partial charge is 0.240 e. The van der Waals surface area contributed by atoms with Crippen LogP contribution in [-0.4, -0.2) is 30.1 Å². The molecule has 0 bridgehead atoms. The van der Waals surface area contributed by atoms with Gasteiger partial charge in [-0.25, -0.2) is 13.4 Å². The first kappa shape index (κ1) is 20.1. The van der Waals surface area contributed by atoms with Crippen molar-refractivity contribution in [2.24, 2.45) is 0 Å². The maximum absolute atomic E-state index is 12.8. The Hall–Kier alpha value is -2.67. The zero-order chi connectivity index (χ0) is 20.1. The summed E-state index contributed by atoms with van der Waals surface area (Å²) in [6, 6.07) is 17.2. The Morgan fingerprint density at radius 1 is 1.11 bits per heavy atom. The van der Waals surface area contributed by atoms with Crippen molar-refractivity contribution >= 4 is 26.8 Å². The molecule has 3 aromatic rings. The van der Waals surface area contributed by atoms with Gasteiger partial charge in [0.25, 0.3) is 0 Å². The van der Waals surface area contributed by atoms with Crippen LogP contribution in [0.15, 0.2) is 54.6 Å².